The number of carbonyl (C=O) groups is 5. The lowest BCUT2D eigenvalue weighted by Gasteiger charge is -2.16. The second-order valence-electron chi connectivity index (χ2n) is 11.9. The van der Waals surface area contributed by atoms with E-state index in [0.29, 0.717) is 5.69 Å². The zero-order valence-electron chi connectivity index (χ0n) is 26.5. The SMILES string of the molecule is Cc1ccc(Cc2ccc(C)cc2)cc1.Cc1ccccc1N1C(=O)c2ccc(C(=O)c3ccc4c(c3)C(=O)N(C)C4=O)cc2C1=O. The Morgan fingerprint density at radius 2 is 0.979 bits per heavy atom. The van der Waals surface area contributed by atoms with Crippen LogP contribution in [0.5, 0.6) is 0 Å². The van der Waals surface area contributed by atoms with Gasteiger partial charge < -0.3 is 0 Å². The Labute approximate surface area is 273 Å². The number of hydrogen-bond donors (Lipinski definition) is 0. The maximum atomic E-state index is 13.1. The van der Waals surface area contributed by atoms with Gasteiger partial charge in [-0.3, -0.25) is 28.9 Å². The van der Waals surface area contributed by atoms with E-state index in [9.17, 15) is 24.0 Å². The maximum Gasteiger partial charge on any atom is 0.266 e. The van der Waals surface area contributed by atoms with Gasteiger partial charge in [0.25, 0.3) is 23.6 Å². The fraction of sp³-hybridized carbons (Fsp3) is 0.125. The Balaban J connectivity index is 0.000000215. The molecular weight excluding hydrogens is 588 g/mol. The molecule has 0 radical (unpaired) electrons. The number of anilines is 1. The van der Waals surface area contributed by atoms with Gasteiger partial charge in [-0.1, -0.05) is 90.0 Å². The molecule has 0 atom stereocenters. The Bertz CT molecular complexity index is 2050. The minimum atomic E-state index is -0.495. The van der Waals surface area contributed by atoms with Gasteiger partial charge >= 0.3 is 0 Å². The van der Waals surface area contributed by atoms with Crippen LogP contribution in [-0.4, -0.2) is 41.4 Å². The second-order valence-corrected chi connectivity index (χ2v) is 11.9. The third-order valence-corrected chi connectivity index (χ3v) is 8.51. The third kappa shape index (κ3) is 5.91. The zero-order chi connectivity index (χ0) is 33.4. The van der Waals surface area contributed by atoms with Gasteiger partial charge in [-0.2, -0.15) is 0 Å². The molecule has 2 heterocycles. The first-order valence-corrected chi connectivity index (χ1v) is 15.2. The summed E-state index contributed by atoms with van der Waals surface area (Å²) in [5, 5.41) is 0. The maximum absolute atomic E-state index is 13.1. The van der Waals surface area contributed by atoms with E-state index in [1.165, 1.54) is 65.7 Å². The van der Waals surface area contributed by atoms with Gasteiger partial charge in [0.2, 0.25) is 0 Å². The summed E-state index contributed by atoms with van der Waals surface area (Å²) in [6.45, 7) is 6.05. The van der Waals surface area contributed by atoms with Gasteiger partial charge in [-0.25, -0.2) is 4.90 Å². The Hall–Kier alpha value is -5.95. The van der Waals surface area contributed by atoms with Crippen LogP contribution in [0.3, 0.4) is 0 Å². The number of para-hydroxylation sites is 1. The Kier molecular flexibility index (Phi) is 8.22. The van der Waals surface area contributed by atoms with Crippen molar-refractivity contribution in [1.82, 2.24) is 4.90 Å². The standard InChI is InChI=1S/C25H16N2O5.C15H16/c1-13-5-3-4-6-20(13)27-24(31)17-10-8-15(12-19(17)25(27)32)21(28)14-7-9-16-18(11-14)23(30)26(2)22(16)29;1-12-3-7-14(8-4-12)11-15-9-5-13(2)6-10-15/h3-12H,1-2H3;3-10H,11H2,1-2H3. The van der Waals surface area contributed by atoms with Crippen LogP contribution in [0.2, 0.25) is 0 Å². The van der Waals surface area contributed by atoms with E-state index in [4.69, 9.17) is 0 Å². The summed E-state index contributed by atoms with van der Waals surface area (Å²) in [5.41, 5.74) is 7.90. The van der Waals surface area contributed by atoms with E-state index >= 15 is 0 Å². The highest BCUT2D eigenvalue weighted by atomic mass is 16.2. The molecule has 7 rings (SSSR count). The molecule has 0 aromatic heterocycles. The van der Waals surface area contributed by atoms with Crippen molar-refractivity contribution < 1.29 is 24.0 Å². The van der Waals surface area contributed by atoms with Gasteiger partial charge in [-0.15, -0.1) is 0 Å². The summed E-state index contributed by atoms with van der Waals surface area (Å²) in [7, 11) is 1.38. The van der Waals surface area contributed by atoms with E-state index < -0.39 is 29.4 Å². The number of amides is 4. The molecular formula is C40H32N2O5. The predicted molar refractivity (Wildman–Crippen MR) is 180 cm³/mol. The lowest BCUT2D eigenvalue weighted by Crippen LogP contribution is -2.29. The minimum absolute atomic E-state index is 0.149. The highest BCUT2D eigenvalue weighted by Crippen LogP contribution is 2.32. The molecule has 0 bridgehead atoms. The van der Waals surface area contributed by atoms with Crippen molar-refractivity contribution in [2.24, 2.45) is 0 Å². The topological polar surface area (TPSA) is 91.8 Å². The van der Waals surface area contributed by atoms with E-state index in [-0.39, 0.29) is 33.4 Å². The molecule has 2 aliphatic rings. The van der Waals surface area contributed by atoms with Crippen LogP contribution >= 0.6 is 0 Å². The number of hydrogen-bond acceptors (Lipinski definition) is 5. The van der Waals surface area contributed by atoms with Crippen LogP contribution in [0.15, 0.2) is 109 Å². The molecule has 0 aliphatic carbocycles. The molecule has 0 fully saturated rings. The van der Waals surface area contributed by atoms with Crippen LogP contribution < -0.4 is 4.90 Å². The average Bonchev–Trinajstić information content (AvgIpc) is 3.46. The number of benzene rings is 5. The molecule has 0 unspecified atom stereocenters. The van der Waals surface area contributed by atoms with Crippen molar-refractivity contribution in [3.63, 3.8) is 0 Å². The van der Waals surface area contributed by atoms with Crippen molar-refractivity contribution >= 4 is 35.1 Å². The van der Waals surface area contributed by atoms with Crippen LogP contribution in [0.4, 0.5) is 5.69 Å². The molecule has 0 spiro atoms. The summed E-state index contributed by atoms with van der Waals surface area (Å²) in [4.78, 5) is 65.5. The number of carbonyl (C=O) groups excluding carboxylic acids is 5. The normalized spacial score (nSPS) is 13.4. The number of fused-ring (bicyclic) bond motifs is 2. The van der Waals surface area contributed by atoms with Gasteiger partial charge in [0, 0.05) is 18.2 Å². The summed E-state index contributed by atoms with van der Waals surface area (Å²) >= 11 is 0. The number of rotatable bonds is 5. The molecule has 0 saturated heterocycles. The highest BCUT2D eigenvalue weighted by Gasteiger charge is 2.38. The van der Waals surface area contributed by atoms with Gasteiger partial charge in [0.15, 0.2) is 5.78 Å². The van der Waals surface area contributed by atoms with E-state index in [1.54, 1.807) is 12.1 Å². The molecule has 2 aliphatic heterocycles. The molecule has 4 amide bonds. The van der Waals surface area contributed by atoms with Crippen molar-refractivity contribution in [3.05, 3.63) is 170 Å². The molecule has 5 aromatic carbocycles. The smallest absolute Gasteiger partial charge is 0.266 e. The summed E-state index contributed by atoms with van der Waals surface area (Å²) in [6.07, 6.45) is 1.03. The summed E-state index contributed by atoms with van der Waals surface area (Å²) < 4.78 is 0. The first-order valence-electron chi connectivity index (χ1n) is 15.2. The largest absolute Gasteiger partial charge is 0.289 e. The predicted octanol–water partition coefficient (Wildman–Crippen LogP) is 7.15. The van der Waals surface area contributed by atoms with E-state index in [0.717, 1.165) is 21.8 Å². The van der Waals surface area contributed by atoms with Gasteiger partial charge in [0.1, 0.15) is 0 Å². The molecule has 7 heteroatoms. The van der Waals surface area contributed by atoms with Crippen LogP contribution in [0, 0.1) is 20.8 Å². The molecule has 232 valence electrons. The number of nitrogens with zero attached hydrogens (tertiary/aromatic N) is 2. The second kappa shape index (κ2) is 12.4. The number of imide groups is 2. The van der Waals surface area contributed by atoms with E-state index in [1.807, 2.05) is 19.1 Å². The van der Waals surface area contributed by atoms with E-state index in [2.05, 4.69) is 62.4 Å². The first kappa shape index (κ1) is 31.0. The third-order valence-electron chi connectivity index (χ3n) is 8.51. The molecule has 0 saturated carbocycles. The summed E-state index contributed by atoms with van der Waals surface area (Å²) in [5.74, 6) is -2.24. The lowest BCUT2D eigenvalue weighted by atomic mass is 9.96. The van der Waals surface area contributed by atoms with Gasteiger partial charge in [-0.05, 0) is 74.2 Å². The van der Waals surface area contributed by atoms with Crippen molar-refractivity contribution in [2.75, 3.05) is 11.9 Å². The zero-order valence-corrected chi connectivity index (χ0v) is 26.5. The number of aryl methyl sites for hydroxylation is 3. The Morgan fingerprint density at radius 3 is 1.51 bits per heavy atom. The minimum Gasteiger partial charge on any atom is -0.289 e. The first-order chi connectivity index (χ1) is 22.5. The molecule has 0 N–H and O–H groups in total. The quantitative estimate of drug-likeness (QED) is 0.154. The average molecular weight is 621 g/mol. The lowest BCUT2D eigenvalue weighted by molar-refractivity contribution is 0.0692. The van der Waals surface area contributed by atoms with Crippen LogP contribution in [-0.2, 0) is 6.42 Å². The molecule has 5 aromatic rings. The number of ketones is 1. The van der Waals surface area contributed by atoms with Crippen molar-refractivity contribution in [3.8, 4) is 0 Å². The Morgan fingerprint density at radius 1 is 0.532 bits per heavy atom. The van der Waals surface area contributed by atoms with Crippen LogP contribution in [0.25, 0.3) is 0 Å². The van der Waals surface area contributed by atoms with Crippen molar-refractivity contribution in [2.45, 2.75) is 27.2 Å². The van der Waals surface area contributed by atoms with Crippen LogP contribution in [0.1, 0.15) is 85.2 Å². The molecule has 7 nitrogen and oxygen atoms in total. The molecule has 47 heavy (non-hydrogen) atoms. The fourth-order valence-corrected chi connectivity index (χ4v) is 5.73. The van der Waals surface area contributed by atoms with Crippen molar-refractivity contribution in [1.29, 1.82) is 0 Å². The fourth-order valence-electron chi connectivity index (χ4n) is 5.73. The highest BCUT2D eigenvalue weighted by molar-refractivity contribution is 6.35. The monoisotopic (exact) mass is 620 g/mol. The summed E-state index contributed by atoms with van der Waals surface area (Å²) in [6, 6.07) is 33.3. The van der Waals surface area contributed by atoms with Gasteiger partial charge in [0.05, 0.1) is 27.9 Å².